The first-order chi connectivity index (χ1) is 13.8. The Morgan fingerprint density at radius 2 is 1.55 bits per heavy atom. The number of rotatable bonds is 5. The number of hydrogen-bond donors (Lipinski definition) is 0. The molecule has 0 aliphatic carbocycles. The Morgan fingerprint density at radius 3 is 2.14 bits per heavy atom. The van der Waals surface area contributed by atoms with E-state index in [2.05, 4.69) is 24.7 Å². The molecule has 0 bridgehead atoms. The van der Waals surface area contributed by atoms with E-state index in [-0.39, 0.29) is 23.4 Å². The molecule has 0 N–H and O–H groups in total. The van der Waals surface area contributed by atoms with Crippen LogP contribution in [-0.2, 0) is 19.7 Å². The van der Waals surface area contributed by atoms with Gasteiger partial charge in [0.05, 0.1) is 18.2 Å². The summed E-state index contributed by atoms with van der Waals surface area (Å²) in [5, 5.41) is 0. The lowest BCUT2D eigenvalue weighted by Gasteiger charge is -2.23. The van der Waals surface area contributed by atoms with Gasteiger partial charge in [-0.25, -0.2) is 9.59 Å². The molecule has 29 heavy (non-hydrogen) atoms. The molecule has 2 aromatic rings. The monoisotopic (exact) mass is 393 g/mol. The Bertz CT molecular complexity index is 989. The van der Waals surface area contributed by atoms with E-state index in [0.29, 0.717) is 5.56 Å². The molecule has 0 fully saturated rings. The highest BCUT2D eigenvalue weighted by Crippen LogP contribution is 2.46. The average molecular weight is 393 g/mol. The lowest BCUT2D eigenvalue weighted by molar-refractivity contribution is -0.117. The van der Waals surface area contributed by atoms with E-state index >= 15 is 0 Å². The molecule has 6 heteroatoms. The van der Waals surface area contributed by atoms with Gasteiger partial charge in [-0.15, -0.1) is 0 Å². The Balaban J connectivity index is 1.67. The van der Waals surface area contributed by atoms with E-state index in [1.54, 1.807) is 0 Å². The summed E-state index contributed by atoms with van der Waals surface area (Å²) in [4.78, 5) is 38.1. The van der Waals surface area contributed by atoms with Crippen molar-refractivity contribution in [2.45, 2.75) is 19.3 Å². The summed E-state index contributed by atoms with van der Waals surface area (Å²) < 4.78 is 9.76. The SMILES string of the molecule is COC(=O)c1ccc(C(=O)OCC(=O)/C=C2/N(C)c3ccccc3C2(C)C)cc1. The molecule has 0 saturated heterocycles. The van der Waals surface area contributed by atoms with Crippen molar-refractivity contribution in [3.63, 3.8) is 0 Å². The van der Waals surface area contributed by atoms with Crippen molar-refractivity contribution in [1.29, 1.82) is 0 Å². The number of carbonyl (C=O) groups is 3. The molecular weight excluding hydrogens is 370 g/mol. The standard InChI is InChI=1S/C23H23NO5/c1-23(2)18-7-5-6-8-19(18)24(3)20(23)13-17(25)14-29-22(27)16-11-9-15(10-12-16)21(26)28-4/h5-13H,14H2,1-4H3/b20-13+. The van der Waals surface area contributed by atoms with Crippen LogP contribution in [0.5, 0.6) is 0 Å². The number of anilines is 1. The third-order valence-electron chi connectivity index (χ3n) is 5.13. The molecule has 2 aromatic carbocycles. The molecule has 0 unspecified atom stereocenters. The molecule has 0 atom stereocenters. The Hall–Kier alpha value is -3.41. The third-order valence-corrected chi connectivity index (χ3v) is 5.13. The van der Waals surface area contributed by atoms with E-state index in [0.717, 1.165) is 16.9 Å². The minimum atomic E-state index is -0.629. The van der Waals surface area contributed by atoms with Gasteiger partial charge in [-0.1, -0.05) is 32.0 Å². The van der Waals surface area contributed by atoms with Crippen LogP contribution < -0.4 is 4.90 Å². The number of esters is 2. The van der Waals surface area contributed by atoms with E-state index in [9.17, 15) is 14.4 Å². The van der Waals surface area contributed by atoms with Crippen LogP contribution in [-0.4, -0.2) is 38.5 Å². The number of para-hydroxylation sites is 1. The fourth-order valence-corrected chi connectivity index (χ4v) is 3.53. The molecule has 0 amide bonds. The summed E-state index contributed by atoms with van der Waals surface area (Å²) in [6, 6.07) is 13.9. The fourth-order valence-electron chi connectivity index (χ4n) is 3.53. The van der Waals surface area contributed by atoms with Gasteiger partial charge in [0.15, 0.2) is 12.4 Å². The van der Waals surface area contributed by atoms with Crippen LogP contribution in [0.3, 0.4) is 0 Å². The lowest BCUT2D eigenvalue weighted by Crippen LogP contribution is -2.25. The van der Waals surface area contributed by atoms with Gasteiger partial charge in [-0.2, -0.15) is 0 Å². The predicted molar refractivity (Wildman–Crippen MR) is 109 cm³/mol. The molecular formula is C23H23NO5. The number of nitrogens with zero attached hydrogens (tertiary/aromatic N) is 1. The molecule has 1 aliphatic heterocycles. The van der Waals surface area contributed by atoms with Gasteiger partial charge in [0, 0.05) is 29.9 Å². The van der Waals surface area contributed by atoms with Crippen LogP contribution in [0.4, 0.5) is 5.69 Å². The number of fused-ring (bicyclic) bond motifs is 1. The van der Waals surface area contributed by atoms with Crippen molar-refractivity contribution in [2.75, 3.05) is 25.7 Å². The maximum Gasteiger partial charge on any atom is 0.338 e. The number of benzene rings is 2. The van der Waals surface area contributed by atoms with Crippen LogP contribution in [0.2, 0.25) is 0 Å². The average Bonchev–Trinajstić information content (AvgIpc) is 2.92. The van der Waals surface area contributed by atoms with Crippen molar-refractivity contribution >= 4 is 23.4 Å². The van der Waals surface area contributed by atoms with Crippen molar-refractivity contribution in [2.24, 2.45) is 0 Å². The second-order valence-electron chi connectivity index (χ2n) is 7.34. The molecule has 0 spiro atoms. The van der Waals surface area contributed by atoms with E-state index < -0.39 is 11.9 Å². The van der Waals surface area contributed by atoms with Gasteiger partial charge >= 0.3 is 11.9 Å². The first-order valence-electron chi connectivity index (χ1n) is 9.19. The molecule has 1 aliphatic rings. The Kier molecular flexibility index (Phi) is 5.55. The van der Waals surface area contributed by atoms with Crippen molar-refractivity contribution in [3.8, 4) is 0 Å². The van der Waals surface area contributed by atoms with E-state index in [1.165, 1.54) is 37.5 Å². The number of ketones is 1. The second kappa shape index (κ2) is 7.91. The Morgan fingerprint density at radius 1 is 0.966 bits per heavy atom. The summed E-state index contributed by atoms with van der Waals surface area (Å²) in [5.41, 5.74) is 3.31. The maximum absolute atomic E-state index is 12.5. The van der Waals surface area contributed by atoms with Gasteiger partial charge in [0.25, 0.3) is 0 Å². The smallest absolute Gasteiger partial charge is 0.338 e. The zero-order valence-corrected chi connectivity index (χ0v) is 16.9. The summed E-state index contributed by atoms with van der Waals surface area (Å²) in [6.45, 7) is 3.76. The highest BCUT2D eigenvalue weighted by atomic mass is 16.5. The highest BCUT2D eigenvalue weighted by Gasteiger charge is 2.38. The molecule has 150 valence electrons. The van der Waals surface area contributed by atoms with Crippen LogP contribution in [0.15, 0.2) is 60.3 Å². The molecule has 0 saturated carbocycles. The number of methoxy groups -OCH3 is 1. The minimum Gasteiger partial charge on any atom is -0.465 e. The van der Waals surface area contributed by atoms with Crippen LogP contribution >= 0.6 is 0 Å². The summed E-state index contributed by atoms with van der Waals surface area (Å²) in [5.74, 6) is -1.42. The van der Waals surface area contributed by atoms with Crippen LogP contribution in [0, 0.1) is 0 Å². The van der Waals surface area contributed by atoms with Crippen molar-refractivity contribution in [1.82, 2.24) is 0 Å². The highest BCUT2D eigenvalue weighted by molar-refractivity contribution is 5.97. The van der Waals surface area contributed by atoms with E-state index in [4.69, 9.17) is 4.74 Å². The number of carbonyl (C=O) groups excluding carboxylic acids is 3. The number of allylic oxidation sites excluding steroid dienone is 1. The zero-order chi connectivity index (χ0) is 21.2. The largest absolute Gasteiger partial charge is 0.465 e. The van der Waals surface area contributed by atoms with Crippen molar-refractivity contribution < 1.29 is 23.9 Å². The van der Waals surface area contributed by atoms with Crippen LogP contribution in [0.25, 0.3) is 0 Å². The van der Waals surface area contributed by atoms with Crippen LogP contribution in [0.1, 0.15) is 40.1 Å². The van der Waals surface area contributed by atoms with Gasteiger partial charge in [-0.3, -0.25) is 4.79 Å². The van der Waals surface area contributed by atoms with Gasteiger partial charge in [-0.05, 0) is 35.9 Å². The third kappa shape index (κ3) is 3.92. The summed E-state index contributed by atoms with van der Waals surface area (Å²) in [6.07, 6.45) is 1.54. The first-order valence-corrected chi connectivity index (χ1v) is 9.19. The normalized spacial score (nSPS) is 15.7. The number of ether oxygens (including phenoxy) is 2. The Labute approximate surface area is 169 Å². The second-order valence-corrected chi connectivity index (χ2v) is 7.34. The lowest BCUT2D eigenvalue weighted by atomic mass is 9.83. The van der Waals surface area contributed by atoms with Gasteiger partial charge in [0.2, 0.25) is 0 Å². The summed E-state index contributed by atoms with van der Waals surface area (Å²) >= 11 is 0. The molecule has 6 nitrogen and oxygen atoms in total. The summed E-state index contributed by atoms with van der Waals surface area (Å²) in [7, 11) is 3.20. The number of likely N-dealkylation sites (N-methyl/N-ethyl adjacent to an activating group) is 1. The molecule has 0 aromatic heterocycles. The molecule has 0 radical (unpaired) electrons. The van der Waals surface area contributed by atoms with Crippen molar-refractivity contribution in [3.05, 3.63) is 77.0 Å². The predicted octanol–water partition coefficient (Wildman–Crippen LogP) is 3.51. The molecule has 3 rings (SSSR count). The van der Waals surface area contributed by atoms with E-state index in [1.807, 2.05) is 30.1 Å². The van der Waals surface area contributed by atoms with Gasteiger partial charge < -0.3 is 14.4 Å². The maximum atomic E-state index is 12.5. The number of hydrogen-bond acceptors (Lipinski definition) is 6. The topological polar surface area (TPSA) is 72.9 Å². The molecule has 1 heterocycles. The van der Waals surface area contributed by atoms with Gasteiger partial charge in [0.1, 0.15) is 0 Å². The fraction of sp³-hybridized carbons (Fsp3) is 0.261. The first kappa shape index (κ1) is 20.3. The quantitative estimate of drug-likeness (QED) is 0.572. The zero-order valence-electron chi connectivity index (χ0n) is 16.9. The minimum absolute atomic E-state index is 0.254.